The maximum absolute atomic E-state index is 6.23. The predicted molar refractivity (Wildman–Crippen MR) is 85.6 cm³/mol. The van der Waals surface area contributed by atoms with Crippen LogP contribution in [0.25, 0.3) is 0 Å². The lowest BCUT2D eigenvalue weighted by atomic mass is 9.67. The molecule has 1 aromatic heterocycles. The Balaban J connectivity index is 2.28. The van der Waals surface area contributed by atoms with Gasteiger partial charge >= 0.3 is 0 Å². The lowest BCUT2D eigenvalue weighted by Crippen LogP contribution is -2.51. The van der Waals surface area contributed by atoms with E-state index in [4.69, 9.17) is 10.6 Å². The summed E-state index contributed by atoms with van der Waals surface area (Å²) in [4.78, 5) is 4.41. The maximum atomic E-state index is 6.23. The molecule has 1 fully saturated rings. The van der Waals surface area contributed by atoms with Crippen LogP contribution >= 0.6 is 0 Å². The van der Waals surface area contributed by atoms with Gasteiger partial charge in [-0.25, -0.2) is 0 Å². The number of nitrogens with one attached hydrogen (secondary N) is 1. The van der Waals surface area contributed by atoms with Gasteiger partial charge < -0.3 is 4.74 Å². The number of nitrogens with two attached hydrogens (primary N) is 1. The molecule has 0 saturated heterocycles. The highest BCUT2D eigenvalue weighted by Gasteiger charge is 2.45. The van der Waals surface area contributed by atoms with Crippen LogP contribution in [0.5, 0.6) is 0 Å². The molecular formula is C17H29N3O. The number of rotatable bonds is 5. The highest BCUT2D eigenvalue weighted by molar-refractivity contribution is 5.21. The molecule has 1 aliphatic rings. The molecule has 0 bridgehead atoms. The fourth-order valence-corrected chi connectivity index (χ4v) is 3.36. The second kappa shape index (κ2) is 6.42. The Bertz CT molecular complexity index is 446. The van der Waals surface area contributed by atoms with E-state index in [0.717, 1.165) is 36.9 Å². The maximum Gasteiger partial charge on any atom is 0.0890 e. The minimum absolute atomic E-state index is 0.0124. The van der Waals surface area contributed by atoms with Crippen molar-refractivity contribution in [1.82, 2.24) is 10.4 Å². The van der Waals surface area contributed by atoms with E-state index in [1.165, 1.54) is 0 Å². The fraction of sp³-hybridized carbons (Fsp3) is 0.706. The van der Waals surface area contributed by atoms with Gasteiger partial charge in [0.05, 0.1) is 11.6 Å². The van der Waals surface area contributed by atoms with E-state index < -0.39 is 0 Å². The first kappa shape index (κ1) is 16.4. The van der Waals surface area contributed by atoms with Gasteiger partial charge in [-0.05, 0) is 56.6 Å². The molecule has 0 aliphatic heterocycles. The minimum Gasteiger partial charge on any atom is -0.373 e. The van der Waals surface area contributed by atoms with Crippen molar-refractivity contribution in [3.8, 4) is 0 Å². The molecule has 1 atom stereocenters. The van der Waals surface area contributed by atoms with E-state index in [2.05, 4.69) is 37.2 Å². The van der Waals surface area contributed by atoms with Gasteiger partial charge in [0, 0.05) is 18.5 Å². The fourth-order valence-electron chi connectivity index (χ4n) is 3.36. The summed E-state index contributed by atoms with van der Waals surface area (Å²) in [7, 11) is 0. The molecule has 1 saturated carbocycles. The molecule has 0 amide bonds. The molecule has 1 aromatic rings. The Kier molecular flexibility index (Phi) is 5.02. The molecule has 0 aromatic carbocycles. The standard InChI is InChI=1S/C17H29N3O/c1-5-21-17(10-8-16(3,4)9-11-17)15(20-18)14-7-6-13(2)19-12-14/h6-7,12,15,20H,5,8-11,18H2,1-4H3. The van der Waals surface area contributed by atoms with Crippen LogP contribution in [-0.4, -0.2) is 17.2 Å². The summed E-state index contributed by atoms with van der Waals surface area (Å²) in [6, 6.07) is 4.13. The number of aromatic nitrogens is 1. The SMILES string of the molecule is CCOC1(C(NN)c2ccc(C)nc2)CCC(C)(C)CC1. The molecule has 1 unspecified atom stereocenters. The van der Waals surface area contributed by atoms with Crippen LogP contribution < -0.4 is 11.3 Å². The van der Waals surface area contributed by atoms with Crippen LogP contribution in [-0.2, 0) is 4.74 Å². The third-order valence-electron chi connectivity index (χ3n) is 4.84. The molecule has 1 aliphatic carbocycles. The topological polar surface area (TPSA) is 60.2 Å². The summed E-state index contributed by atoms with van der Waals surface area (Å²) in [6.07, 6.45) is 6.28. The monoisotopic (exact) mass is 291 g/mol. The van der Waals surface area contributed by atoms with E-state index in [9.17, 15) is 0 Å². The van der Waals surface area contributed by atoms with Crippen LogP contribution in [0, 0.1) is 12.3 Å². The molecule has 21 heavy (non-hydrogen) atoms. The summed E-state index contributed by atoms with van der Waals surface area (Å²) in [6.45, 7) is 9.43. The van der Waals surface area contributed by atoms with Gasteiger partial charge in [0.25, 0.3) is 0 Å². The van der Waals surface area contributed by atoms with E-state index >= 15 is 0 Å². The summed E-state index contributed by atoms with van der Waals surface area (Å²) in [5.74, 6) is 5.90. The molecule has 2 rings (SSSR count). The van der Waals surface area contributed by atoms with Gasteiger partial charge in [0.15, 0.2) is 0 Å². The van der Waals surface area contributed by atoms with Gasteiger partial charge in [0.2, 0.25) is 0 Å². The van der Waals surface area contributed by atoms with Gasteiger partial charge in [-0.3, -0.25) is 16.3 Å². The van der Waals surface area contributed by atoms with Crippen molar-refractivity contribution in [2.75, 3.05) is 6.61 Å². The van der Waals surface area contributed by atoms with Gasteiger partial charge in [-0.15, -0.1) is 0 Å². The van der Waals surface area contributed by atoms with E-state index in [1.54, 1.807) is 0 Å². The van der Waals surface area contributed by atoms with Crippen molar-refractivity contribution in [1.29, 1.82) is 0 Å². The number of hydrazine groups is 1. The van der Waals surface area contributed by atoms with Gasteiger partial charge in [0.1, 0.15) is 0 Å². The van der Waals surface area contributed by atoms with Crippen molar-refractivity contribution in [2.45, 2.75) is 65.0 Å². The minimum atomic E-state index is -0.226. The zero-order valence-electron chi connectivity index (χ0n) is 13.8. The quantitative estimate of drug-likeness (QED) is 0.645. The van der Waals surface area contributed by atoms with Crippen molar-refractivity contribution < 1.29 is 4.74 Å². The third-order valence-corrected chi connectivity index (χ3v) is 4.84. The highest BCUT2D eigenvalue weighted by atomic mass is 16.5. The lowest BCUT2D eigenvalue weighted by Gasteiger charge is -2.47. The largest absolute Gasteiger partial charge is 0.373 e. The number of hydrogen-bond acceptors (Lipinski definition) is 4. The second-order valence-corrected chi connectivity index (χ2v) is 6.99. The zero-order valence-corrected chi connectivity index (χ0v) is 13.8. The van der Waals surface area contributed by atoms with Crippen molar-refractivity contribution in [2.24, 2.45) is 11.3 Å². The van der Waals surface area contributed by atoms with Crippen molar-refractivity contribution in [3.63, 3.8) is 0 Å². The zero-order chi connectivity index (χ0) is 15.5. The molecule has 3 N–H and O–H groups in total. The lowest BCUT2D eigenvalue weighted by molar-refractivity contribution is -0.108. The Labute approximate surface area is 128 Å². The van der Waals surface area contributed by atoms with Crippen LogP contribution in [0.3, 0.4) is 0 Å². The molecular weight excluding hydrogens is 262 g/mol. The third kappa shape index (κ3) is 3.62. The first-order valence-electron chi connectivity index (χ1n) is 7.95. The number of aryl methyl sites for hydroxylation is 1. The highest BCUT2D eigenvalue weighted by Crippen LogP contribution is 2.47. The Morgan fingerprint density at radius 1 is 1.29 bits per heavy atom. The number of ether oxygens (including phenoxy) is 1. The average molecular weight is 291 g/mol. The van der Waals surface area contributed by atoms with Crippen LogP contribution in [0.1, 0.15) is 63.8 Å². The number of pyridine rings is 1. The summed E-state index contributed by atoms with van der Waals surface area (Å²) in [5.41, 5.74) is 5.29. The average Bonchev–Trinajstić information content (AvgIpc) is 2.45. The van der Waals surface area contributed by atoms with Crippen LogP contribution in [0.2, 0.25) is 0 Å². The number of nitrogens with zero attached hydrogens (tertiary/aromatic N) is 1. The smallest absolute Gasteiger partial charge is 0.0890 e. The summed E-state index contributed by atoms with van der Waals surface area (Å²) < 4.78 is 6.23. The molecule has 4 nitrogen and oxygen atoms in total. The first-order chi connectivity index (χ1) is 9.92. The van der Waals surface area contributed by atoms with Crippen molar-refractivity contribution in [3.05, 3.63) is 29.6 Å². The van der Waals surface area contributed by atoms with E-state index in [1.807, 2.05) is 19.2 Å². The summed E-state index contributed by atoms with van der Waals surface area (Å²) in [5, 5.41) is 0. The van der Waals surface area contributed by atoms with E-state index in [-0.39, 0.29) is 11.6 Å². The summed E-state index contributed by atoms with van der Waals surface area (Å²) >= 11 is 0. The Hall–Kier alpha value is -0.970. The molecule has 118 valence electrons. The van der Waals surface area contributed by atoms with Crippen molar-refractivity contribution >= 4 is 0 Å². The van der Waals surface area contributed by atoms with Gasteiger partial charge in [-0.1, -0.05) is 19.9 Å². The molecule has 1 heterocycles. The normalized spacial score (nSPS) is 22.0. The Morgan fingerprint density at radius 2 is 1.95 bits per heavy atom. The second-order valence-electron chi connectivity index (χ2n) is 6.99. The predicted octanol–water partition coefficient (Wildman–Crippen LogP) is 3.27. The van der Waals surface area contributed by atoms with Crippen LogP contribution in [0.15, 0.2) is 18.3 Å². The Morgan fingerprint density at radius 3 is 2.43 bits per heavy atom. The molecule has 0 radical (unpaired) electrons. The van der Waals surface area contributed by atoms with E-state index in [0.29, 0.717) is 12.0 Å². The van der Waals surface area contributed by atoms with Gasteiger partial charge in [-0.2, -0.15) is 0 Å². The number of hydrogen-bond donors (Lipinski definition) is 2. The first-order valence-corrected chi connectivity index (χ1v) is 7.95. The molecule has 0 spiro atoms. The molecule has 4 heteroatoms. The van der Waals surface area contributed by atoms with Crippen LogP contribution in [0.4, 0.5) is 0 Å².